The Hall–Kier alpha value is -0.870. The van der Waals surface area contributed by atoms with E-state index in [0.29, 0.717) is 11.5 Å². The molecule has 4 nitrogen and oxygen atoms in total. The first-order valence-electron chi connectivity index (χ1n) is 5.92. The Balaban J connectivity index is 1.76. The van der Waals surface area contributed by atoms with Gasteiger partial charge in [-0.15, -0.1) is 0 Å². The van der Waals surface area contributed by atoms with Crippen LogP contribution in [0.3, 0.4) is 0 Å². The Morgan fingerprint density at radius 2 is 2.38 bits per heavy atom. The van der Waals surface area contributed by atoms with Crippen molar-refractivity contribution in [3.05, 3.63) is 18.7 Å². The Bertz CT molecular complexity index is 306. The average Bonchev–Trinajstić information content (AvgIpc) is 2.82. The van der Waals surface area contributed by atoms with Crippen LogP contribution in [0.15, 0.2) is 18.7 Å². The molecule has 90 valence electrons. The second-order valence-electron chi connectivity index (χ2n) is 4.97. The molecule has 0 amide bonds. The Labute approximate surface area is 97.0 Å². The zero-order chi connectivity index (χ0) is 11.4. The molecule has 1 aromatic heterocycles. The minimum atomic E-state index is 0.435. The quantitative estimate of drug-likeness (QED) is 0.757. The molecule has 16 heavy (non-hydrogen) atoms. The molecule has 1 fully saturated rings. The molecule has 1 saturated carbocycles. The van der Waals surface area contributed by atoms with Gasteiger partial charge in [0.05, 0.1) is 12.9 Å². The monoisotopic (exact) mass is 223 g/mol. The summed E-state index contributed by atoms with van der Waals surface area (Å²) in [5, 5.41) is 3.54. The van der Waals surface area contributed by atoms with Gasteiger partial charge in [-0.25, -0.2) is 4.98 Å². The van der Waals surface area contributed by atoms with Gasteiger partial charge in [-0.05, 0) is 19.8 Å². The lowest BCUT2D eigenvalue weighted by Crippen LogP contribution is -2.36. The average molecular weight is 223 g/mol. The highest BCUT2D eigenvalue weighted by atomic mass is 16.5. The van der Waals surface area contributed by atoms with Gasteiger partial charge in [-0.2, -0.15) is 0 Å². The third-order valence-electron chi connectivity index (χ3n) is 3.28. The van der Waals surface area contributed by atoms with E-state index in [9.17, 15) is 0 Å². The van der Waals surface area contributed by atoms with Gasteiger partial charge in [0.2, 0.25) is 0 Å². The lowest BCUT2D eigenvalue weighted by Gasteiger charge is -2.20. The highest BCUT2D eigenvalue weighted by Gasteiger charge is 2.42. The molecule has 0 saturated heterocycles. The number of hydrogen-bond donors (Lipinski definition) is 1. The molecule has 4 heteroatoms. The minimum absolute atomic E-state index is 0.435. The summed E-state index contributed by atoms with van der Waals surface area (Å²) in [4.78, 5) is 4.08. The number of ether oxygens (including phenoxy) is 1. The fourth-order valence-electron chi connectivity index (χ4n) is 2.03. The number of imidazole rings is 1. The van der Waals surface area contributed by atoms with Crippen molar-refractivity contribution in [3.8, 4) is 0 Å². The number of rotatable bonds is 7. The largest absolute Gasteiger partial charge is 0.383 e. The fraction of sp³-hybridized carbons (Fsp3) is 0.750. The number of nitrogens with zero attached hydrogens (tertiary/aromatic N) is 2. The summed E-state index contributed by atoms with van der Waals surface area (Å²) in [5.74, 6) is 0. The molecule has 2 rings (SSSR count). The van der Waals surface area contributed by atoms with E-state index in [1.54, 1.807) is 7.11 Å². The van der Waals surface area contributed by atoms with Gasteiger partial charge < -0.3 is 14.6 Å². The lowest BCUT2D eigenvalue weighted by molar-refractivity contribution is 0.168. The molecular formula is C12H21N3O. The number of aromatic nitrogens is 2. The van der Waals surface area contributed by atoms with Gasteiger partial charge in [0, 0.05) is 44.0 Å². The Kier molecular flexibility index (Phi) is 3.61. The zero-order valence-electron chi connectivity index (χ0n) is 10.1. The molecule has 0 radical (unpaired) electrons. The van der Waals surface area contributed by atoms with Crippen LogP contribution in [0.1, 0.15) is 19.8 Å². The van der Waals surface area contributed by atoms with Gasteiger partial charge in [-0.1, -0.05) is 0 Å². The van der Waals surface area contributed by atoms with Crippen molar-refractivity contribution < 1.29 is 4.74 Å². The second kappa shape index (κ2) is 4.97. The molecule has 0 aliphatic heterocycles. The molecule has 1 heterocycles. The molecule has 1 aromatic rings. The summed E-state index contributed by atoms with van der Waals surface area (Å²) in [6.45, 7) is 5.10. The van der Waals surface area contributed by atoms with E-state index in [1.165, 1.54) is 12.8 Å². The molecule has 1 N–H and O–H groups in total. The van der Waals surface area contributed by atoms with Crippen LogP contribution in [0.25, 0.3) is 0 Å². The summed E-state index contributed by atoms with van der Waals surface area (Å²) in [6.07, 6.45) is 8.42. The third kappa shape index (κ3) is 3.06. The van der Waals surface area contributed by atoms with Gasteiger partial charge in [-0.3, -0.25) is 0 Å². The van der Waals surface area contributed by atoms with E-state index in [0.717, 1.165) is 19.7 Å². The van der Waals surface area contributed by atoms with E-state index in [1.807, 2.05) is 18.7 Å². The van der Waals surface area contributed by atoms with Gasteiger partial charge in [0.15, 0.2) is 0 Å². The van der Waals surface area contributed by atoms with E-state index in [-0.39, 0.29) is 0 Å². The van der Waals surface area contributed by atoms with Crippen molar-refractivity contribution in [2.24, 2.45) is 5.41 Å². The third-order valence-corrected chi connectivity index (χ3v) is 3.28. The van der Waals surface area contributed by atoms with Crippen LogP contribution in [0.4, 0.5) is 0 Å². The summed E-state index contributed by atoms with van der Waals surface area (Å²) >= 11 is 0. The highest BCUT2D eigenvalue weighted by Crippen LogP contribution is 2.46. The van der Waals surface area contributed by atoms with Crippen molar-refractivity contribution in [3.63, 3.8) is 0 Å². The molecular weight excluding hydrogens is 202 g/mol. The van der Waals surface area contributed by atoms with E-state index in [4.69, 9.17) is 4.74 Å². The topological polar surface area (TPSA) is 39.1 Å². The summed E-state index contributed by atoms with van der Waals surface area (Å²) in [5.41, 5.74) is 0.461. The van der Waals surface area contributed by atoms with E-state index < -0.39 is 0 Å². The first-order chi connectivity index (χ1) is 7.74. The van der Waals surface area contributed by atoms with Crippen LogP contribution in [-0.4, -0.2) is 35.9 Å². The van der Waals surface area contributed by atoms with Gasteiger partial charge in [0.25, 0.3) is 0 Å². The van der Waals surface area contributed by atoms with Gasteiger partial charge >= 0.3 is 0 Å². The standard InChI is InChI=1S/C12H21N3O/c1-11(7-16-2)14-8-12(3-4-12)9-15-6-5-13-10-15/h5-6,10-11,14H,3-4,7-9H2,1-2H3/t11-/m0/s1. The van der Waals surface area contributed by atoms with Crippen LogP contribution in [0.5, 0.6) is 0 Å². The highest BCUT2D eigenvalue weighted by molar-refractivity contribution is 4.96. The predicted molar refractivity (Wildman–Crippen MR) is 63.2 cm³/mol. The number of methoxy groups -OCH3 is 1. The van der Waals surface area contributed by atoms with Gasteiger partial charge in [0.1, 0.15) is 0 Å². The SMILES string of the molecule is COC[C@H](C)NCC1(Cn2ccnc2)CC1. The van der Waals surface area contributed by atoms with Crippen molar-refractivity contribution >= 4 is 0 Å². The Morgan fingerprint density at radius 1 is 1.56 bits per heavy atom. The van der Waals surface area contributed by atoms with E-state index in [2.05, 4.69) is 21.8 Å². The second-order valence-corrected chi connectivity index (χ2v) is 4.97. The maximum atomic E-state index is 5.12. The van der Waals surface area contributed by atoms with Crippen molar-refractivity contribution in [2.75, 3.05) is 20.3 Å². The lowest BCUT2D eigenvalue weighted by atomic mass is 10.1. The first-order valence-corrected chi connectivity index (χ1v) is 5.92. The smallest absolute Gasteiger partial charge is 0.0946 e. The maximum absolute atomic E-state index is 5.12. The minimum Gasteiger partial charge on any atom is -0.383 e. The van der Waals surface area contributed by atoms with Crippen LogP contribution >= 0.6 is 0 Å². The zero-order valence-corrected chi connectivity index (χ0v) is 10.1. The molecule has 0 aromatic carbocycles. The predicted octanol–water partition coefficient (Wildman–Crippen LogP) is 1.29. The molecule has 1 atom stereocenters. The van der Waals surface area contributed by atoms with Crippen LogP contribution in [0, 0.1) is 5.41 Å². The normalized spacial score (nSPS) is 19.6. The van der Waals surface area contributed by atoms with E-state index >= 15 is 0 Å². The first kappa shape index (κ1) is 11.6. The number of hydrogen-bond acceptors (Lipinski definition) is 3. The molecule has 0 bridgehead atoms. The molecule has 0 unspecified atom stereocenters. The fourth-order valence-corrected chi connectivity index (χ4v) is 2.03. The molecule has 1 aliphatic carbocycles. The van der Waals surface area contributed by atoms with Crippen LogP contribution in [0.2, 0.25) is 0 Å². The summed E-state index contributed by atoms with van der Waals surface area (Å²) in [6, 6.07) is 0.435. The number of nitrogens with one attached hydrogen (secondary N) is 1. The Morgan fingerprint density at radius 3 is 2.94 bits per heavy atom. The molecule has 1 aliphatic rings. The maximum Gasteiger partial charge on any atom is 0.0946 e. The summed E-state index contributed by atoms with van der Waals surface area (Å²) < 4.78 is 7.29. The van der Waals surface area contributed by atoms with Crippen molar-refractivity contribution in [2.45, 2.75) is 32.4 Å². The van der Waals surface area contributed by atoms with Crippen LogP contribution < -0.4 is 5.32 Å². The van der Waals surface area contributed by atoms with Crippen molar-refractivity contribution in [1.29, 1.82) is 0 Å². The van der Waals surface area contributed by atoms with Crippen LogP contribution in [-0.2, 0) is 11.3 Å². The summed E-state index contributed by atoms with van der Waals surface area (Å²) in [7, 11) is 1.75. The molecule has 0 spiro atoms. The van der Waals surface area contributed by atoms with Crippen molar-refractivity contribution in [1.82, 2.24) is 14.9 Å².